The van der Waals surface area contributed by atoms with E-state index in [1.54, 1.807) is 17.5 Å². The molecule has 0 bridgehead atoms. The number of nitrogens with one attached hydrogen (secondary N) is 1. The lowest BCUT2D eigenvalue weighted by atomic mass is 9.89. The molecule has 120 valence electrons. The van der Waals surface area contributed by atoms with Gasteiger partial charge in [-0.3, -0.25) is 4.98 Å². The summed E-state index contributed by atoms with van der Waals surface area (Å²) in [7, 11) is 0. The summed E-state index contributed by atoms with van der Waals surface area (Å²) in [5.74, 6) is 0. The Morgan fingerprint density at radius 3 is 2.68 bits per heavy atom. The van der Waals surface area contributed by atoms with Crippen LogP contribution in [0.4, 0.5) is 0 Å². The third-order valence-electron chi connectivity index (χ3n) is 3.75. The number of nitrogens with zero attached hydrogens (tertiary/aromatic N) is 2. The largest absolute Gasteiger partial charge is 0.391 e. The van der Waals surface area contributed by atoms with E-state index in [9.17, 15) is 5.11 Å². The molecule has 2 aromatic heterocycles. The third-order valence-corrected chi connectivity index (χ3v) is 5.14. The van der Waals surface area contributed by atoms with Gasteiger partial charge in [0, 0.05) is 35.4 Å². The third kappa shape index (κ3) is 4.12. The predicted molar refractivity (Wildman–Crippen MR) is 92.0 cm³/mol. The summed E-state index contributed by atoms with van der Waals surface area (Å²) in [6.45, 7) is 10.9. The fraction of sp³-hybridized carbons (Fsp3) is 0.529. The SMILES string of the molecule is Cc1nc(-c2cccnc2)sc1C(C)NCC(O)C(C)(C)C. The van der Waals surface area contributed by atoms with Gasteiger partial charge in [0.05, 0.1) is 11.8 Å². The average Bonchev–Trinajstić information content (AvgIpc) is 2.86. The van der Waals surface area contributed by atoms with E-state index in [2.05, 4.69) is 22.2 Å². The van der Waals surface area contributed by atoms with Gasteiger partial charge in [0.15, 0.2) is 0 Å². The highest BCUT2D eigenvalue weighted by Gasteiger charge is 2.23. The Labute approximate surface area is 136 Å². The molecular formula is C17H25N3OS. The van der Waals surface area contributed by atoms with Crippen LogP contribution in [0.5, 0.6) is 0 Å². The second kappa shape index (κ2) is 6.86. The minimum Gasteiger partial charge on any atom is -0.391 e. The highest BCUT2D eigenvalue weighted by Crippen LogP contribution is 2.31. The zero-order valence-corrected chi connectivity index (χ0v) is 14.7. The van der Waals surface area contributed by atoms with E-state index in [4.69, 9.17) is 0 Å². The van der Waals surface area contributed by atoms with Crippen molar-refractivity contribution in [3.63, 3.8) is 0 Å². The fourth-order valence-corrected chi connectivity index (χ4v) is 3.19. The molecule has 0 fully saturated rings. The van der Waals surface area contributed by atoms with Crippen molar-refractivity contribution in [1.29, 1.82) is 0 Å². The summed E-state index contributed by atoms with van der Waals surface area (Å²) in [5, 5.41) is 14.6. The first-order valence-electron chi connectivity index (χ1n) is 7.58. The number of aryl methyl sites for hydroxylation is 1. The minimum atomic E-state index is -0.374. The lowest BCUT2D eigenvalue weighted by Gasteiger charge is -2.27. The summed E-state index contributed by atoms with van der Waals surface area (Å²) >= 11 is 1.68. The van der Waals surface area contributed by atoms with Crippen LogP contribution in [0, 0.1) is 12.3 Å². The molecule has 2 atom stereocenters. The van der Waals surface area contributed by atoms with Crippen molar-refractivity contribution in [2.45, 2.75) is 46.8 Å². The van der Waals surface area contributed by atoms with Gasteiger partial charge in [-0.1, -0.05) is 20.8 Å². The van der Waals surface area contributed by atoms with Gasteiger partial charge in [-0.05, 0) is 31.4 Å². The maximum Gasteiger partial charge on any atom is 0.125 e. The van der Waals surface area contributed by atoms with Crippen molar-refractivity contribution in [2.75, 3.05) is 6.54 Å². The Kier molecular flexibility index (Phi) is 5.32. The monoisotopic (exact) mass is 319 g/mol. The van der Waals surface area contributed by atoms with Crippen molar-refractivity contribution in [3.05, 3.63) is 35.1 Å². The number of aromatic nitrogens is 2. The van der Waals surface area contributed by atoms with Crippen molar-refractivity contribution >= 4 is 11.3 Å². The zero-order chi connectivity index (χ0) is 16.3. The first-order chi connectivity index (χ1) is 10.3. The molecule has 2 rings (SSSR count). The van der Waals surface area contributed by atoms with E-state index in [0.717, 1.165) is 16.3 Å². The van der Waals surface area contributed by atoms with E-state index in [1.165, 1.54) is 4.88 Å². The number of pyridine rings is 1. The first-order valence-corrected chi connectivity index (χ1v) is 8.40. The zero-order valence-electron chi connectivity index (χ0n) is 13.9. The van der Waals surface area contributed by atoms with Crippen LogP contribution in [0.15, 0.2) is 24.5 Å². The molecule has 0 amide bonds. The summed E-state index contributed by atoms with van der Waals surface area (Å²) in [6, 6.07) is 4.11. The molecule has 0 aromatic carbocycles. The van der Waals surface area contributed by atoms with Gasteiger partial charge in [-0.25, -0.2) is 4.98 Å². The molecule has 22 heavy (non-hydrogen) atoms. The highest BCUT2D eigenvalue weighted by molar-refractivity contribution is 7.15. The van der Waals surface area contributed by atoms with Gasteiger partial charge in [0.2, 0.25) is 0 Å². The Bertz CT molecular complexity index is 604. The summed E-state index contributed by atoms with van der Waals surface area (Å²) in [5.41, 5.74) is 1.97. The molecule has 0 aliphatic carbocycles. The molecule has 0 radical (unpaired) electrons. The van der Waals surface area contributed by atoms with E-state index < -0.39 is 0 Å². The van der Waals surface area contributed by atoms with E-state index >= 15 is 0 Å². The van der Waals surface area contributed by atoms with Gasteiger partial charge >= 0.3 is 0 Å². The van der Waals surface area contributed by atoms with E-state index in [0.29, 0.717) is 6.54 Å². The Balaban J connectivity index is 2.08. The smallest absolute Gasteiger partial charge is 0.125 e. The molecule has 2 unspecified atom stereocenters. The maximum absolute atomic E-state index is 10.2. The van der Waals surface area contributed by atoms with Crippen LogP contribution < -0.4 is 5.32 Å². The van der Waals surface area contributed by atoms with Crippen LogP contribution >= 0.6 is 11.3 Å². The molecular weight excluding hydrogens is 294 g/mol. The first kappa shape index (κ1) is 17.1. The van der Waals surface area contributed by atoms with E-state index in [1.807, 2.05) is 46.0 Å². The fourth-order valence-electron chi connectivity index (χ4n) is 2.11. The number of aliphatic hydroxyl groups is 1. The van der Waals surface area contributed by atoms with E-state index in [-0.39, 0.29) is 17.6 Å². The lowest BCUT2D eigenvalue weighted by molar-refractivity contribution is 0.0610. The molecule has 0 saturated heterocycles. The van der Waals surface area contributed by atoms with Crippen LogP contribution in [0.25, 0.3) is 10.6 Å². The second-order valence-corrected chi connectivity index (χ2v) is 7.75. The van der Waals surface area contributed by atoms with Gasteiger partial charge in [-0.15, -0.1) is 11.3 Å². The van der Waals surface area contributed by atoms with Gasteiger partial charge in [0.1, 0.15) is 5.01 Å². The molecule has 2 heterocycles. The molecule has 0 saturated carbocycles. The molecule has 2 aromatic rings. The standard InChI is InChI=1S/C17H25N3OS/c1-11(19-10-14(21)17(3,4)5)15-12(2)20-16(22-15)13-7-6-8-18-9-13/h6-9,11,14,19,21H,10H2,1-5H3. The van der Waals surface area contributed by atoms with Gasteiger partial charge in [-0.2, -0.15) is 0 Å². The topological polar surface area (TPSA) is 58.0 Å². The summed E-state index contributed by atoms with van der Waals surface area (Å²) in [6.07, 6.45) is 3.23. The van der Waals surface area contributed by atoms with Gasteiger partial charge < -0.3 is 10.4 Å². The number of rotatable bonds is 5. The summed E-state index contributed by atoms with van der Waals surface area (Å²) in [4.78, 5) is 10.0. The number of hydrogen-bond acceptors (Lipinski definition) is 5. The van der Waals surface area contributed by atoms with Crippen molar-refractivity contribution in [1.82, 2.24) is 15.3 Å². The normalized spacial score (nSPS) is 14.8. The average molecular weight is 319 g/mol. The van der Waals surface area contributed by atoms with Crippen LogP contribution in [0.2, 0.25) is 0 Å². The van der Waals surface area contributed by atoms with Gasteiger partial charge in [0.25, 0.3) is 0 Å². The Hall–Kier alpha value is -1.30. The van der Waals surface area contributed by atoms with Crippen molar-refractivity contribution in [2.24, 2.45) is 5.41 Å². The van der Waals surface area contributed by atoms with Crippen LogP contribution in [-0.4, -0.2) is 27.7 Å². The summed E-state index contributed by atoms with van der Waals surface area (Å²) < 4.78 is 0. The van der Waals surface area contributed by atoms with Crippen molar-refractivity contribution in [3.8, 4) is 10.6 Å². The van der Waals surface area contributed by atoms with Crippen LogP contribution in [0.3, 0.4) is 0 Å². The molecule has 2 N–H and O–H groups in total. The number of aliphatic hydroxyl groups excluding tert-OH is 1. The molecule has 0 aliphatic rings. The Morgan fingerprint density at radius 2 is 2.09 bits per heavy atom. The van der Waals surface area contributed by atoms with Crippen LogP contribution in [-0.2, 0) is 0 Å². The van der Waals surface area contributed by atoms with Crippen molar-refractivity contribution < 1.29 is 5.11 Å². The number of hydrogen-bond donors (Lipinski definition) is 2. The minimum absolute atomic E-state index is 0.115. The predicted octanol–water partition coefficient (Wildman–Crippen LogP) is 3.57. The molecule has 5 heteroatoms. The molecule has 0 spiro atoms. The molecule has 4 nitrogen and oxygen atoms in total. The molecule has 0 aliphatic heterocycles. The maximum atomic E-state index is 10.2. The second-order valence-electron chi connectivity index (χ2n) is 6.72. The number of thiazole rings is 1. The quantitative estimate of drug-likeness (QED) is 0.884. The highest BCUT2D eigenvalue weighted by atomic mass is 32.1. The lowest BCUT2D eigenvalue weighted by Crippen LogP contribution is -2.37. The van der Waals surface area contributed by atoms with Crippen LogP contribution in [0.1, 0.15) is 44.3 Å². The Morgan fingerprint density at radius 1 is 1.36 bits per heavy atom.